The lowest BCUT2D eigenvalue weighted by Gasteiger charge is -2.30. The molecule has 2 fully saturated rings. The molecule has 2 aliphatic rings. The van der Waals surface area contributed by atoms with Gasteiger partial charge < -0.3 is 15.0 Å². The maximum absolute atomic E-state index is 12.2. The molecule has 1 N–H and O–H groups in total. The van der Waals surface area contributed by atoms with Crippen LogP contribution in [-0.2, 0) is 9.53 Å². The van der Waals surface area contributed by atoms with Crippen LogP contribution in [0.15, 0.2) is 24.3 Å². The van der Waals surface area contributed by atoms with E-state index >= 15 is 0 Å². The summed E-state index contributed by atoms with van der Waals surface area (Å²) in [6.45, 7) is 7.11. The van der Waals surface area contributed by atoms with Crippen LogP contribution in [0.4, 0.5) is 11.4 Å². The fourth-order valence-corrected chi connectivity index (χ4v) is 3.52. The second-order valence-corrected chi connectivity index (χ2v) is 6.91. The highest BCUT2D eigenvalue weighted by atomic mass is 16.5. The van der Waals surface area contributed by atoms with E-state index in [2.05, 4.69) is 27.2 Å². The fourth-order valence-electron chi connectivity index (χ4n) is 3.52. The second kappa shape index (κ2) is 8.49. The summed E-state index contributed by atoms with van der Waals surface area (Å²) < 4.78 is 5.51. The summed E-state index contributed by atoms with van der Waals surface area (Å²) in [5, 5.41) is 3.01. The van der Waals surface area contributed by atoms with Gasteiger partial charge in [0.1, 0.15) is 0 Å². The SMILES string of the molecule is CC1CN(CC(=O)Nc2ccc(N3CCCCCC3)cc2)CCO1. The van der Waals surface area contributed by atoms with Gasteiger partial charge in [-0.2, -0.15) is 0 Å². The molecule has 1 aromatic rings. The predicted octanol–water partition coefficient (Wildman–Crippen LogP) is 2.73. The third kappa shape index (κ3) is 4.95. The molecule has 2 heterocycles. The maximum Gasteiger partial charge on any atom is 0.238 e. The smallest absolute Gasteiger partial charge is 0.238 e. The number of anilines is 2. The molecule has 0 bridgehead atoms. The number of rotatable bonds is 4. The summed E-state index contributed by atoms with van der Waals surface area (Å²) in [7, 11) is 0. The highest BCUT2D eigenvalue weighted by molar-refractivity contribution is 5.92. The van der Waals surface area contributed by atoms with Crippen molar-refractivity contribution >= 4 is 17.3 Å². The summed E-state index contributed by atoms with van der Waals surface area (Å²) in [4.78, 5) is 16.8. The van der Waals surface area contributed by atoms with Crippen LogP contribution in [0.3, 0.4) is 0 Å². The van der Waals surface area contributed by atoms with Crippen LogP contribution < -0.4 is 10.2 Å². The summed E-state index contributed by atoms with van der Waals surface area (Å²) in [6, 6.07) is 8.27. The Morgan fingerprint density at radius 3 is 2.50 bits per heavy atom. The number of hydrogen-bond donors (Lipinski definition) is 1. The third-order valence-corrected chi connectivity index (χ3v) is 4.81. The molecule has 1 aromatic carbocycles. The minimum atomic E-state index is 0.0478. The zero-order valence-corrected chi connectivity index (χ0v) is 14.7. The van der Waals surface area contributed by atoms with Crippen LogP contribution in [0.5, 0.6) is 0 Å². The molecule has 132 valence electrons. The highest BCUT2D eigenvalue weighted by Crippen LogP contribution is 2.21. The number of ether oxygens (including phenoxy) is 1. The van der Waals surface area contributed by atoms with E-state index in [1.165, 1.54) is 31.4 Å². The molecule has 2 saturated heterocycles. The zero-order valence-electron chi connectivity index (χ0n) is 14.7. The number of nitrogens with zero attached hydrogens (tertiary/aromatic N) is 2. The van der Waals surface area contributed by atoms with Gasteiger partial charge in [0.2, 0.25) is 5.91 Å². The van der Waals surface area contributed by atoms with Gasteiger partial charge in [0.25, 0.3) is 0 Å². The number of morpholine rings is 1. The molecule has 24 heavy (non-hydrogen) atoms. The summed E-state index contributed by atoms with van der Waals surface area (Å²) in [5.74, 6) is 0.0478. The summed E-state index contributed by atoms with van der Waals surface area (Å²) in [6.07, 6.45) is 5.43. The lowest BCUT2D eigenvalue weighted by Crippen LogP contribution is -2.44. The summed E-state index contributed by atoms with van der Waals surface area (Å²) in [5.41, 5.74) is 2.14. The lowest BCUT2D eigenvalue weighted by atomic mass is 10.2. The average molecular weight is 331 g/mol. The maximum atomic E-state index is 12.2. The van der Waals surface area contributed by atoms with Gasteiger partial charge in [-0.3, -0.25) is 9.69 Å². The molecule has 1 amide bonds. The Balaban J connectivity index is 1.50. The van der Waals surface area contributed by atoms with Crippen molar-refractivity contribution in [2.45, 2.75) is 38.7 Å². The van der Waals surface area contributed by atoms with Crippen LogP contribution >= 0.6 is 0 Å². The van der Waals surface area contributed by atoms with Crippen molar-refractivity contribution < 1.29 is 9.53 Å². The topological polar surface area (TPSA) is 44.8 Å². The van der Waals surface area contributed by atoms with E-state index in [4.69, 9.17) is 4.74 Å². The molecule has 1 atom stereocenters. The Hall–Kier alpha value is -1.59. The van der Waals surface area contributed by atoms with Gasteiger partial charge in [-0.25, -0.2) is 0 Å². The van der Waals surface area contributed by atoms with E-state index in [1.54, 1.807) is 0 Å². The normalized spacial score (nSPS) is 22.9. The van der Waals surface area contributed by atoms with E-state index in [1.807, 2.05) is 19.1 Å². The molecule has 0 spiro atoms. The predicted molar refractivity (Wildman–Crippen MR) is 97.6 cm³/mol. The van der Waals surface area contributed by atoms with Crippen molar-refractivity contribution in [3.8, 4) is 0 Å². The van der Waals surface area contributed by atoms with Crippen LogP contribution in [0.1, 0.15) is 32.6 Å². The fraction of sp³-hybridized carbons (Fsp3) is 0.632. The number of carbonyl (C=O) groups is 1. The molecule has 0 aromatic heterocycles. The number of benzene rings is 1. The monoisotopic (exact) mass is 331 g/mol. The quantitative estimate of drug-likeness (QED) is 0.921. The van der Waals surface area contributed by atoms with E-state index in [9.17, 15) is 4.79 Å². The largest absolute Gasteiger partial charge is 0.376 e. The van der Waals surface area contributed by atoms with Gasteiger partial charge in [0.05, 0.1) is 19.3 Å². The Morgan fingerprint density at radius 2 is 1.83 bits per heavy atom. The third-order valence-electron chi connectivity index (χ3n) is 4.81. The standard InChI is InChI=1S/C19H29N3O2/c1-16-14-21(12-13-24-16)15-19(23)20-17-6-8-18(9-7-17)22-10-4-2-3-5-11-22/h6-9,16H,2-5,10-15H2,1H3,(H,20,23). The van der Waals surface area contributed by atoms with Crippen LogP contribution in [-0.4, -0.2) is 56.2 Å². The first-order valence-electron chi connectivity index (χ1n) is 9.19. The van der Waals surface area contributed by atoms with Crippen molar-refractivity contribution in [2.24, 2.45) is 0 Å². The Bertz CT molecular complexity index is 524. The first-order chi connectivity index (χ1) is 11.7. The Morgan fingerprint density at radius 1 is 1.12 bits per heavy atom. The number of nitrogens with one attached hydrogen (secondary N) is 1. The number of amides is 1. The van der Waals surface area contributed by atoms with E-state index < -0.39 is 0 Å². The molecule has 0 radical (unpaired) electrons. The highest BCUT2D eigenvalue weighted by Gasteiger charge is 2.19. The van der Waals surface area contributed by atoms with Gasteiger partial charge in [0, 0.05) is 37.6 Å². The van der Waals surface area contributed by atoms with Crippen LogP contribution in [0.25, 0.3) is 0 Å². The first kappa shape index (κ1) is 17.2. The molecular formula is C19H29N3O2. The molecule has 1 unspecified atom stereocenters. The van der Waals surface area contributed by atoms with Gasteiger partial charge in [-0.05, 0) is 44.0 Å². The minimum Gasteiger partial charge on any atom is -0.376 e. The van der Waals surface area contributed by atoms with E-state index in [0.717, 1.165) is 31.9 Å². The van der Waals surface area contributed by atoms with Crippen LogP contribution in [0.2, 0.25) is 0 Å². The van der Waals surface area contributed by atoms with Crippen molar-refractivity contribution in [3.63, 3.8) is 0 Å². The van der Waals surface area contributed by atoms with Gasteiger partial charge in [0.15, 0.2) is 0 Å². The first-order valence-corrected chi connectivity index (χ1v) is 9.19. The second-order valence-electron chi connectivity index (χ2n) is 6.91. The van der Waals surface area contributed by atoms with Crippen molar-refractivity contribution in [2.75, 3.05) is 49.5 Å². The number of hydrogen-bond acceptors (Lipinski definition) is 4. The lowest BCUT2D eigenvalue weighted by molar-refractivity contribution is -0.119. The van der Waals surface area contributed by atoms with E-state index in [-0.39, 0.29) is 12.0 Å². The molecular weight excluding hydrogens is 302 g/mol. The Labute approximate surface area is 145 Å². The molecule has 5 nitrogen and oxygen atoms in total. The Kier molecular flexibility index (Phi) is 6.10. The molecule has 0 aliphatic carbocycles. The zero-order chi connectivity index (χ0) is 16.8. The summed E-state index contributed by atoms with van der Waals surface area (Å²) >= 11 is 0. The molecule has 3 rings (SSSR count). The average Bonchev–Trinajstić information content (AvgIpc) is 2.85. The molecule has 5 heteroatoms. The van der Waals surface area contributed by atoms with Crippen LogP contribution in [0, 0.1) is 0 Å². The molecule has 2 aliphatic heterocycles. The van der Waals surface area contributed by atoms with Crippen molar-refractivity contribution in [1.29, 1.82) is 0 Å². The molecule has 0 saturated carbocycles. The number of carbonyl (C=O) groups excluding carboxylic acids is 1. The van der Waals surface area contributed by atoms with Gasteiger partial charge in [-0.1, -0.05) is 12.8 Å². The minimum absolute atomic E-state index is 0.0478. The van der Waals surface area contributed by atoms with Gasteiger partial charge in [-0.15, -0.1) is 0 Å². The van der Waals surface area contributed by atoms with Crippen molar-refractivity contribution in [1.82, 2.24) is 4.90 Å². The van der Waals surface area contributed by atoms with Crippen molar-refractivity contribution in [3.05, 3.63) is 24.3 Å². The van der Waals surface area contributed by atoms with E-state index in [0.29, 0.717) is 13.2 Å². The van der Waals surface area contributed by atoms with Gasteiger partial charge >= 0.3 is 0 Å².